The average Bonchev–Trinajstić information content (AvgIpc) is 3.06. The Morgan fingerprint density at radius 1 is 1.30 bits per heavy atom. The third kappa shape index (κ3) is 4.45. The van der Waals surface area contributed by atoms with E-state index >= 15 is 0 Å². The van der Waals surface area contributed by atoms with E-state index in [0.29, 0.717) is 24.6 Å². The lowest BCUT2D eigenvalue weighted by Gasteiger charge is -2.22. The molecule has 122 valence electrons. The molecule has 0 bridgehead atoms. The van der Waals surface area contributed by atoms with E-state index in [1.165, 1.54) is 6.08 Å². The molecule has 0 amide bonds. The molecule has 2 unspecified atom stereocenters. The number of hydrogen-bond acceptors (Lipinski definition) is 4. The molecule has 0 radical (unpaired) electrons. The summed E-state index contributed by atoms with van der Waals surface area (Å²) in [5.41, 5.74) is 1.10. The van der Waals surface area contributed by atoms with Crippen molar-refractivity contribution in [3.05, 3.63) is 52.5 Å². The second-order valence-electron chi connectivity index (χ2n) is 5.38. The zero-order valence-electron chi connectivity index (χ0n) is 12.5. The zero-order valence-corrected chi connectivity index (χ0v) is 14.1. The fourth-order valence-electron chi connectivity index (χ4n) is 2.60. The minimum Gasteiger partial charge on any atom is -0.492 e. The molecular formula is C17H18ClFN2OS. The van der Waals surface area contributed by atoms with Crippen LogP contribution < -0.4 is 10.1 Å². The van der Waals surface area contributed by atoms with Gasteiger partial charge in [-0.25, -0.2) is 9.37 Å². The van der Waals surface area contributed by atoms with Gasteiger partial charge in [0.1, 0.15) is 18.5 Å². The zero-order chi connectivity index (χ0) is 16.1. The van der Waals surface area contributed by atoms with Crippen LogP contribution in [0.5, 0.6) is 5.75 Å². The van der Waals surface area contributed by atoms with E-state index in [1.807, 2.05) is 29.6 Å². The third-order valence-electron chi connectivity index (χ3n) is 3.77. The predicted molar refractivity (Wildman–Crippen MR) is 93.3 cm³/mol. The van der Waals surface area contributed by atoms with Crippen LogP contribution in [0, 0.1) is 0 Å². The molecule has 0 aliphatic heterocycles. The Hall–Kier alpha value is -1.59. The first-order valence-corrected chi connectivity index (χ1v) is 8.85. The number of anilines is 1. The van der Waals surface area contributed by atoms with Gasteiger partial charge in [0, 0.05) is 22.5 Å². The Labute approximate surface area is 144 Å². The highest BCUT2D eigenvalue weighted by Crippen LogP contribution is 2.37. The van der Waals surface area contributed by atoms with Crippen molar-refractivity contribution >= 4 is 28.1 Å². The molecule has 1 N–H and O–H groups in total. The van der Waals surface area contributed by atoms with Crippen LogP contribution in [0.2, 0.25) is 0 Å². The molecule has 1 aromatic carbocycles. The fourth-order valence-corrected chi connectivity index (χ4v) is 3.53. The van der Waals surface area contributed by atoms with Crippen molar-refractivity contribution in [2.24, 2.45) is 0 Å². The van der Waals surface area contributed by atoms with Crippen molar-refractivity contribution in [3.63, 3.8) is 0 Å². The SMILES string of the molecule is FC1C=C(Cl)C(c2ccc(OCCNc3nccs3)cc2)CC1. The van der Waals surface area contributed by atoms with E-state index in [9.17, 15) is 4.39 Å². The summed E-state index contributed by atoms with van der Waals surface area (Å²) in [5, 5.41) is 6.62. The van der Waals surface area contributed by atoms with Gasteiger partial charge in [-0.05, 0) is 36.6 Å². The predicted octanol–water partition coefficient (Wildman–Crippen LogP) is 4.97. The van der Waals surface area contributed by atoms with Crippen LogP contribution >= 0.6 is 22.9 Å². The van der Waals surface area contributed by atoms with E-state index < -0.39 is 6.17 Å². The van der Waals surface area contributed by atoms with E-state index in [1.54, 1.807) is 17.5 Å². The summed E-state index contributed by atoms with van der Waals surface area (Å²) >= 11 is 7.74. The quantitative estimate of drug-likeness (QED) is 0.745. The van der Waals surface area contributed by atoms with Crippen LogP contribution in [-0.4, -0.2) is 24.3 Å². The number of rotatable bonds is 6. The first-order valence-electron chi connectivity index (χ1n) is 7.60. The lowest BCUT2D eigenvalue weighted by molar-refractivity contribution is 0.332. The maximum atomic E-state index is 13.3. The molecule has 2 atom stereocenters. The molecule has 1 heterocycles. The molecule has 1 aromatic heterocycles. The Kier molecular flexibility index (Phi) is 5.51. The van der Waals surface area contributed by atoms with Crippen molar-refractivity contribution in [3.8, 4) is 5.75 Å². The maximum Gasteiger partial charge on any atom is 0.182 e. The standard InChI is InChI=1S/C17H18ClFN2OS/c18-16-11-13(19)3-6-15(16)12-1-4-14(5-2-12)22-9-7-20-17-21-8-10-23-17/h1-2,4-5,8,10-11,13,15H,3,6-7,9H2,(H,20,21). The van der Waals surface area contributed by atoms with Gasteiger partial charge in [-0.2, -0.15) is 0 Å². The summed E-state index contributed by atoms with van der Waals surface area (Å²) in [4.78, 5) is 4.14. The second-order valence-corrected chi connectivity index (χ2v) is 6.71. The molecule has 6 heteroatoms. The van der Waals surface area contributed by atoms with Gasteiger partial charge >= 0.3 is 0 Å². The molecule has 1 aliphatic carbocycles. The summed E-state index contributed by atoms with van der Waals surface area (Å²) in [5.74, 6) is 0.915. The van der Waals surface area contributed by atoms with Gasteiger partial charge in [0.05, 0.1) is 6.54 Å². The summed E-state index contributed by atoms with van der Waals surface area (Å²) < 4.78 is 19.0. The highest BCUT2D eigenvalue weighted by Gasteiger charge is 2.22. The van der Waals surface area contributed by atoms with Crippen LogP contribution in [-0.2, 0) is 0 Å². The fraction of sp³-hybridized carbons (Fsp3) is 0.353. The molecule has 0 saturated carbocycles. The largest absolute Gasteiger partial charge is 0.492 e. The average molecular weight is 353 g/mol. The minimum atomic E-state index is -0.910. The molecule has 3 nitrogen and oxygen atoms in total. The first-order chi connectivity index (χ1) is 11.2. The number of ether oxygens (including phenoxy) is 1. The van der Waals surface area contributed by atoms with Crippen LogP contribution in [0.25, 0.3) is 0 Å². The molecule has 3 rings (SSSR count). The number of benzene rings is 1. The van der Waals surface area contributed by atoms with E-state index in [4.69, 9.17) is 16.3 Å². The third-order valence-corrected chi connectivity index (χ3v) is 4.89. The number of thiazole rings is 1. The molecular weight excluding hydrogens is 335 g/mol. The van der Waals surface area contributed by atoms with Crippen molar-refractivity contribution in [2.45, 2.75) is 24.9 Å². The Morgan fingerprint density at radius 2 is 2.13 bits per heavy atom. The molecule has 2 aromatic rings. The van der Waals surface area contributed by atoms with Gasteiger partial charge in [-0.3, -0.25) is 0 Å². The highest BCUT2D eigenvalue weighted by atomic mass is 35.5. The number of aromatic nitrogens is 1. The Balaban J connectivity index is 1.50. The summed E-state index contributed by atoms with van der Waals surface area (Å²) in [7, 11) is 0. The second kappa shape index (κ2) is 7.79. The van der Waals surface area contributed by atoms with Crippen LogP contribution in [0.4, 0.5) is 9.52 Å². The minimum absolute atomic E-state index is 0.101. The van der Waals surface area contributed by atoms with Crippen LogP contribution in [0.15, 0.2) is 47.0 Å². The first kappa shape index (κ1) is 16.3. The summed E-state index contributed by atoms with van der Waals surface area (Å²) in [6.07, 6.45) is 3.65. The van der Waals surface area contributed by atoms with E-state index in [0.717, 1.165) is 22.9 Å². The Bertz CT molecular complexity index is 645. The van der Waals surface area contributed by atoms with Crippen molar-refractivity contribution < 1.29 is 9.13 Å². The summed E-state index contributed by atoms with van der Waals surface area (Å²) in [6.45, 7) is 1.26. The normalized spacial score (nSPS) is 20.9. The topological polar surface area (TPSA) is 34.1 Å². The van der Waals surface area contributed by atoms with Crippen molar-refractivity contribution in [1.29, 1.82) is 0 Å². The highest BCUT2D eigenvalue weighted by molar-refractivity contribution is 7.13. The number of hydrogen-bond donors (Lipinski definition) is 1. The van der Waals surface area contributed by atoms with Crippen LogP contribution in [0.1, 0.15) is 24.3 Å². The van der Waals surface area contributed by atoms with Gasteiger partial charge in [0.15, 0.2) is 5.13 Å². The van der Waals surface area contributed by atoms with Crippen molar-refractivity contribution in [2.75, 3.05) is 18.5 Å². The van der Waals surface area contributed by atoms with Gasteiger partial charge in [0.25, 0.3) is 0 Å². The molecule has 0 spiro atoms. The van der Waals surface area contributed by atoms with E-state index in [2.05, 4.69) is 10.3 Å². The lowest BCUT2D eigenvalue weighted by atomic mass is 9.88. The van der Waals surface area contributed by atoms with Crippen molar-refractivity contribution in [1.82, 2.24) is 4.98 Å². The molecule has 1 aliphatic rings. The number of allylic oxidation sites excluding steroid dienone is 2. The monoisotopic (exact) mass is 352 g/mol. The Morgan fingerprint density at radius 3 is 2.83 bits per heavy atom. The van der Waals surface area contributed by atoms with Gasteiger partial charge in [0.2, 0.25) is 0 Å². The molecule has 23 heavy (non-hydrogen) atoms. The van der Waals surface area contributed by atoms with Crippen LogP contribution in [0.3, 0.4) is 0 Å². The maximum absolute atomic E-state index is 13.3. The number of halogens is 2. The smallest absolute Gasteiger partial charge is 0.182 e. The lowest BCUT2D eigenvalue weighted by Crippen LogP contribution is -2.12. The van der Waals surface area contributed by atoms with Gasteiger partial charge in [-0.1, -0.05) is 23.7 Å². The van der Waals surface area contributed by atoms with Gasteiger partial charge < -0.3 is 10.1 Å². The molecule has 0 fully saturated rings. The van der Waals surface area contributed by atoms with Gasteiger partial charge in [-0.15, -0.1) is 11.3 Å². The number of nitrogens with one attached hydrogen (secondary N) is 1. The van der Waals surface area contributed by atoms with E-state index in [-0.39, 0.29) is 5.92 Å². The number of alkyl halides is 1. The molecule has 0 saturated heterocycles. The summed E-state index contributed by atoms with van der Waals surface area (Å²) in [6, 6.07) is 7.88. The number of nitrogens with zero attached hydrogens (tertiary/aromatic N) is 1.